The molecule has 0 bridgehead atoms. The molecule has 0 rings (SSSR count). The Morgan fingerprint density at radius 1 is 0.455 bits per heavy atom. The van der Waals surface area contributed by atoms with Crippen molar-refractivity contribution >= 4 is 11.9 Å². The number of hydrogen-bond acceptors (Lipinski definition) is 6. The Bertz CT molecular complexity index is 1770. The molecule has 0 aliphatic heterocycles. The number of carbonyl (C=O) groups is 2. The number of quaternary nitrogens is 1. The van der Waals surface area contributed by atoms with Gasteiger partial charge in [0.05, 0.1) is 32.6 Å². The van der Waals surface area contributed by atoms with Crippen LogP contribution < -0.4 is 5.11 Å². The highest BCUT2D eigenvalue weighted by Crippen LogP contribution is 2.70. The van der Waals surface area contributed by atoms with E-state index in [1.54, 1.807) is 0 Å². The molecule has 0 radical (unpaired) electrons. The highest BCUT2D eigenvalue weighted by Gasteiger charge is 3.02. The Balaban J connectivity index is 7.97. The van der Waals surface area contributed by atoms with E-state index < -0.39 is 143 Å². The third-order valence-electron chi connectivity index (χ3n) is 8.81. The number of hydrogen-bond donors (Lipinski definition) is 2. The van der Waals surface area contributed by atoms with Crippen LogP contribution in [0.1, 0.15) is 6.92 Å². The van der Waals surface area contributed by atoms with Crippen LogP contribution in [0.2, 0.25) is 0 Å². The zero-order valence-corrected chi connectivity index (χ0v) is 30.6. The molecule has 7 nitrogen and oxygen atoms in total. The number of carboxylic acid groups (broad SMARTS) is 1. The predicted octanol–water partition coefficient (Wildman–Crippen LogP) is 7.76. The van der Waals surface area contributed by atoms with E-state index in [0.717, 1.165) is 0 Å². The molecule has 0 aliphatic rings. The van der Waals surface area contributed by atoms with Crippen molar-refractivity contribution in [3.8, 4) is 0 Å². The van der Waals surface area contributed by atoms with Gasteiger partial charge in [0, 0.05) is 6.92 Å². The summed E-state index contributed by atoms with van der Waals surface area (Å²) in [5, 5.41) is 30.4. The SMILES string of the molecule is CC(=O)OC(C(CO)C(F)(F)C(F)(F)C(F)(F)C(F)(F)C(F)(F)C(F)(F)C(F)(F)C(F)(F)C(F)(F)C(F)(F)C(F)(F)C(F)(F)C(F)(F)C(F)(F)C(F)(F)C(F)(F)F)C(O)[N+](C)(C)CC(=O)[O-]. The van der Waals surface area contributed by atoms with E-state index in [9.17, 15) is 161 Å². The van der Waals surface area contributed by atoms with Gasteiger partial charge in [0.25, 0.3) is 0 Å². The van der Waals surface area contributed by atoms with E-state index in [2.05, 4.69) is 4.74 Å². The van der Waals surface area contributed by atoms with Crippen molar-refractivity contribution in [2.24, 2.45) is 5.92 Å². The van der Waals surface area contributed by atoms with E-state index in [-0.39, 0.29) is 21.0 Å². The lowest BCUT2D eigenvalue weighted by atomic mass is 9.81. The summed E-state index contributed by atoms with van der Waals surface area (Å²) in [7, 11) is 0.505. The number of aliphatic hydroxyl groups is 2. The lowest BCUT2D eigenvalue weighted by Gasteiger charge is -2.47. The number of likely N-dealkylation sites (N-methyl/N-ethyl adjacent to an activating group) is 1. The molecule has 0 aromatic rings. The van der Waals surface area contributed by atoms with Gasteiger partial charge in [-0.2, -0.15) is 145 Å². The van der Waals surface area contributed by atoms with E-state index in [4.69, 9.17) is 0 Å². The maximum Gasteiger partial charge on any atom is 0.460 e. The highest BCUT2D eigenvalue weighted by atomic mass is 19.4. The zero-order valence-electron chi connectivity index (χ0n) is 30.6. The number of nitrogens with zero attached hydrogens (tertiary/aromatic N) is 1. The van der Waals surface area contributed by atoms with Crippen LogP contribution in [-0.4, -0.2) is 161 Å². The maximum atomic E-state index is 15.1. The molecule has 394 valence electrons. The number of alkyl halides is 33. The molecular weight excluding hydrogens is 1050 g/mol. The summed E-state index contributed by atoms with van der Waals surface area (Å²) in [5.41, 5.74) is 0. The number of aliphatic carboxylic acids is 1. The summed E-state index contributed by atoms with van der Waals surface area (Å²) < 4.78 is 462. The van der Waals surface area contributed by atoms with Gasteiger partial charge in [-0.15, -0.1) is 0 Å². The van der Waals surface area contributed by atoms with Crippen LogP contribution in [0.25, 0.3) is 0 Å². The average Bonchev–Trinajstić information content (AvgIpc) is 3.08. The smallest absolute Gasteiger partial charge is 0.460 e. The Morgan fingerprint density at radius 2 is 0.667 bits per heavy atom. The summed E-state index contributed by atoms with van der Waals surface area (Å²) in [5.74, 6) is -156. The molecule has 0 amide bonds. The van der Waals surface area contributed by atoms with E-state index in [0.29, 0.717) is 0 Å². The van der Waals surface area contributed by atoms with Crippen LogP contribution in [0, 0.1) is 5.92 Å². The zero-order chi connectivity index (χ0) is 54.5. The third kappa shape index (κ3) is 8.11. The first kappa shape index (κ1) is 62.5. The first-order valence-corrected chi connectivity index (χ1v) is 15.3. The minimum absolute atomic E-state index is 0.0375. The van der Waals surface area contributed by atoms with E-state index >= 15 is 8.78 Å². The Kier molecular flexibility index (Phi) is 15.7. The average molecular weight is 1070 g/mol. The van der Waals surface area contributed by atoms with Gasteiger partial charge in [0.15, 0.2) is 6.10 Å². The summed E-state index contributed by atoms with van der Waals surface area (Å²) >= 11 is 0. The molecule has 0 fully saturated rings. The Morgan fingerprint density at radius 3 is 0.848 bits per heavy atom. The normalized spacial score (nSPS) is 17.7. The first-order chi connectivity index (χ1) is 28.1. The molecule has 0 aromatic carbocycles. The summed E-state index contributed by atoms with van der Waals surface area (Å²) in [6.45, 7) is -5.05. The second-order valence-electron chi connectivity index (χ2n) is 13.7. The van der Waals surface area contributed by atoms with Gasteiger partial charge in [0.2, 0.25) is 6.23 Å². The number of esters is 1. The number of rotatable bonds is 22. The summed E-state index contributed by atoms with van der Waals surface area (Å²) in [6, 6.07) is 0. The van der Waals surface area contributed by atoms with Gasteiger partial charge in [0.1, 0.15) is 6.54 Å². The molecular formula is C26H18F33NO6. The minimum Gasteiger partial charge on any atom is -0.544 e. The van der Waals surface area contributed by atoms with Crippen LogP contribution in [0.5, 0.6) is 0 Å². The molecule has 0 aromatic heterocycles. The predicted molar refractivity (Wildman–Crippen MR) is 134 cm³/mol. The molecule has 3 atom stereocenters. The largest absolute Gasteiger partial charge is 0.544 e. The molecule has 66 heavy (non-hydrogen) atoms. The van der Waals surface area contributed by atoms with Gasteiger partial charge in [-0.3, -0.25) is 9.28 Å². The maximum absolute atomic E-state index is 15.1. The van der Waals surface area contributed by atoms with E-state index in [1.807, 2.05) is 0 Å². The second kappa shape index (κ2) is 16.6. The lowest BCUT2D eigenvalue weighted by molar-refractivity contribution is -0.936. The van der Waals surface area contributed by atoms with Crippen molar-refractivity contribution in [1.29, 1.82) is 0 Å². The molecule has 0 aliphatic carbocycles. The molecule has 3 unspecified atom stereocenters. The van der Waals surface area contributed by atoms with E-state index in [1.165, 1.54) is 0 Å². The van der Waals surface area contributed by atoms with Crippen molar-refractivity contribution in [1.82, 2.24) is 0 Å². The summed E-state index contributed by atoms with van der Waals surface area (Å²) in [6.07, 6.45) is -16.0. The molecule has 2 N–H and O–H groups in total. The van der Waals surface area contributed by atoms with Crippen LogP contribution in [0.3, 0.4) is 0 Å². The molecule has 40 heteroatoms. The number of aliphatic hydroxyl groups excluding tert-OH is 2. The number of ether oxygens (including phenoxy) is 1. The highest BCUT2D eigenvalue weighted by molar-refractivity contribution is 5.66. The van der Waals surface area contributed by atoms with Crippen LogP contribution in [0.15, 0.2) is 0 Å². The van der Waals surface area contributed by atoms with Gasteiger partial charge in [-0.25, -0.2) is 0 Å². The van der Waals surface area contributed by atoms with Gasteiger partial charge < -0.3 is 24.9 Å². The monoisotopic (exact) mass is 1070 g/mol. The topological polar surface area (TPSA) is 107 Å². The molecule has 0 heterocycles. The van der Waals surface area contributed by atoms with Crippen LogP contribution in [-0.2, 0) is 14.3 Å². The third-order valence-corrected chi connectivity index (χ3v) is 8.81. The van der Waals surface area contributed by atoms with Gasteiger partial charge in [-0.1, -0.05) is 0 Å². The number of halogens is 33. The van der Waals surface area contributed by atoms with Crippen molar-refractivity contribution in [3.05, 3.63) is 0 Å². The second-order valence-corrected chi connectivity index (χ2v) is 13.7. The van der Waals surface area contributed by atoms with Gasteiger partial charge in [-0.05, 0) is 0 Å². The standard InChI is InChI=1S/C26H18F33NO6/c1-6(62)66-9(10(65)60(2,3)4-8(63)64)7(5-61)11(27,28)12(29,30)13(31,32)14(33,34)15(35,36)16(37,38)17(39,40)18(41,42)19(43,44)20(45,46)21(47,48)22(49,50)23(51,52)24(53,54)25(55,56)26(57,58)59/h7,9-10,61,65H,4-5H2,1-3H3. The van der Waals surface area contributed by atoms with Crippen molar-refractivity contribution in [2.75, 3.05) is 27.2 Å². The Hall–Kier alpha value is -3.49. The number of carbonyl (C=O) groups excluding carboxylic acids is 2. The van der Waals surface area contributed by atoms with Crippen molar-refractivity contribution in [2.45, 2.75) is 114 Å². The number of carboxylic acids is 1. The fourth-order valence-corrected chi connectivity index (χ4v) is 4.78. The van der Waals surface area contributed by atoms with Crippen LogP contribution >= 0.6 is 0 Å². The van der Waals surface area contributed by atoms with Gasteiger partial charge >= 0.3 is 101 Å². The summed E-state index contributed by atoms with van der Waals surface area (Å²) in [4.78, 5) is 22.3. The fraction of sp³-hybridized carbons (Fsp3) is 0.923. The molecule has 0 saturated carbocycles. The van der Waals surface area contributed by atoms with Crippen molar-refractivity contribution in [3.63, 3.8) is 0 Å². The lowest BCUT2D eigenvalue weighted by Crippen LogP contribution is -2.80. The fourth-order valence-electron chi connectivity index (χ4n) is 4.78. The quantitative estimate of drug-likeness (QED) is 0.0498. The Labute approximate surface area is 339 Å². The minimum atomic E-state index is -10.4. The first-order valence-electron chi connectivity index (χ1n) is 15.3. The molecule has 0 spiro atoms. The van der Waals surface area contributed by atoms with Crippen molar-refractivity contribution < 1.29 is 179 Å². The molecule has 0 saturated heterocycles. The van der Waals surface area contributed by atoms with Crippen LogP contribution in [0.4, 0.5) is 145 Å².